The van der Waals surface area contributed by atoms with Crippen LogP contribution >= 0.6 is 0 Å². The number of rotatable bonds is 4. The fourth-order valence-corrected chi connectivity index (χ4v) is 1.74. The Hall–Kier alpha value is -2.41. The van der Waals surface area contributed by atoms with Crippen LogP contribution in [0.1, 0.15) is 6.92 Å². The van der Waals surface area contributed by atoms with Crippen molar-refractivity contribution in [2.75, 3.05) is 18.2 Å². The Labute approximate surface area is 115 Å². The van der Waals surface area contributed by atoms with Crippen LogP contribution in [0.5, 0.6) is 0 Å². The number of nitrogens with one attached hydrogen (secondary N) is 1. The number of aliphatic hydroxyl groups is 1. The van der Waals surface area contributed by atoms with E-state index in [2.05, 4.69) is 10.4 Å². The average molecular weight is 277 g/mol. The monoisotopic (exact) mass is 277 g/mol. The molecule has 0 fully saturated rings. The Morgan fingerprint density at radius 1 is 1.45 bits per heavy atom. The molecule has 7 nitrogen and oxygen atoms in total. The van der Waals surface area contributed by atoms with Crippen LogP contribution in [0.3, 0.4) is 0 Å². The van der Waals surface area contributed by atoms with Gasteiger partial charge in [0.25, 0.3) is 5.91 Å². The highest BCUT2D eigenvalue weighted by atomic mass is 16.5. The molecule has 1 aromatic carbocycles. The molecule has 1 aliphatic rings. The Balaban J connectivity index is 2.30. The minimum atomic E-state index is -1.02. The number of esters is 1. The predicted octanol–water partition coefficient (Wildman–Crippen LogP) is -0.140. The summed E-state index contributed by atoms with van der Waals surface area (Å²) in [5, 5.41) is 10.4. The van der Waals surface area contributed by atoms with Gasteiger partial charge in [-0.15, -0.1) is 0 Å². The third kappa shape index (κ3) is 2.77. The summed E-state index contributed by atoms with van der Waals surface area (Å²) >= 11 is 0. The van der Waals surface area contributed by atoms with Crippen LogP contribution in [0.2, 0.25) is 0 Å². The first-order valence-corrected chi connectivity index (χ1v) is 6.18. The maximum Gasteiger partial charge on any atom is 0.375 e. The molecule has 0 radical (unpaired) electrons. The van der Waals surface area contributed by atoms with E-state index in [-0.39, 0.29) is 12.4 Å². The zero-order valence-electron chi connectivity index (χ0n) is 10.9. The highest BCUT2D eigenvalue weighted by Crippen LogP contribution is 2.16. The molecule has 106 valence electrons. The van der Waals surface area contributed by atoms with Crippen LogP contribution in [-0.2, 0) is 14.3 Å². The molecular weight excluding hydrogens is 262 g/mol. The minimum absolute atomic E-state index is 0.102. The van der Waals surface area contributed by atoms with E-state index < -0.39 is 24.5 Å². The maximum atomic E-state index is 12.1. The van der Waals surface area contributed by atoms with E-state index in [9.17, 15) is 14.7 Å². The summed E-state index contributed by atoms with van der Waals surface area (Å²) in [7, 11) is 0. The molecule has 0 saturated heterocycles. The molecule has 1 atom stereocenters. The molecule has 1 unspecified atom stereocenters. The molecule has 7 heteroatoms. The number of amidine groups is 1. The van der Waals surface area contributed by atoms with Gasteiger partial charge in [0.2, 0.25) is 5.84 Å². The van der Waals surface area contributed by atoms with Gasteiger partial charge >= 0.3 is 5.97 Å². The summed E-state index contributed by atoms with van der Waals surface area (Å²) in [6.45, 7) is 1.39. The molecule has 1 heterocycles. The number of benzene rings is 1. The van der Waals surface area contributed by atoms with Gasteiger partial charge in [-0.1, -0.05) is 18.2 Å². The Morgan fingerprint density at radius 2 is 2.15 bits per heavy atom. The summed E-state index contributed by atoms with van der Waals surface area (Å²) in [4.78, 5) is 27.7. The Kier molecular flexibility index (Phi) is 4.31. The Bertz CT molecular complexity index is 530. The van der Waals surface area contributed by atoms with Crippen molar-refractivity contribution in [3.05, 3.63) is 30.3 Å². The standard InChI is InChI=1S/C13H15N3O4/c1-2-20-13(19)11-14-10(8-17)12(18)16(15-11)9-6-4-3-5-7-9/h3-7,10,17H,2,8H2,1H3,(H,14,15). The summed E-state index contributed by atoms with van der Waals surface area (Å²) in [5.74, 6) is -1.21. The number of ether oxygens (including phenoxy) is 1. The largest absolute Gasteiger partial charge is 0.460 e. The summed E-state index contributed by atoms with van der Waals surface area (Å²) < 4.78 is 4.84. The molecule has 0 spiro atoms. The van der Waals surface area contributed by atoms with Gasteiger partial charge in [0, 0.05) is 0 Å². The molecule has 0 bridgehead atoms. The Morgan fingerprint density at radius 3 is 2.75 bits per heavy atom. The fourth-order valence-electron chi connectivity index (χ4n) is 1.74. The number of aliphatic hydroxyl groups excluding tert-OH is 1. The first-order valence-electron chi connectivity index (χ1n) is 6.18. The van der Waals surface area contributed by atoms with Gasteiger partial charge < -0.3 is 9.84 Å². The lowest BCUT2D eigenvalue weighted by molar-refractivity contribution is -0.135. The maximum absolute atomic E-state index is 12.1. The van der Waals surface area contributed by atoms with E-state index in [0.717, 1.165) is 0 Å². The van der Waals surface area contributed by atoms with E-state index in [1.54, 1.807) is 31.2 Å². The highest BCUT2D eigenvalue weighted by molar-refractivity contribution is 6.37. The van der Waals surface area contributed by atoms with Crippen molar-refractivity contribution in [1.82, 2.24) is 5.43 Å². The molecule has 1 aromatic rings. The second-order valence-electron chi connectivity index (χ2n) is 4.02. The van der Waals surface area contributed by atoms with Gasteiger partial charge in [-0.25, -0.2) is 14.8 Å². The zero-order chi connectivity index (χ0) is 14.5. The molecule has 1 amide bonds. The number of hydrogen-bond acceptors (Lipinski definition) is 6. The third-order valence-corrected chi connectivity index (χ3v) is 2.66. The van der Waals surface area contributed by atoms with Crippen molar-refractivity contribution in [1.29, 1.82) is 0 Å². The van der Waals surface area contributed by atoms with Crippen molar-refractivity contribution in [2.24, 2.45) is 4.99 Å². The second-order valence-corrected chi connectivity index (χ2v) is 4.02. The van der Waals surface area contributed by atoms with Crippen molar-refractivity contribution >= 4 is 23.4 Å². The van der Waals surface area contributed by atoms with Crippen molar-refractivity contribution in [2.45, 2.75) is 13.0 Å². The lowest BCUT2D eigenvalue weighted by Gasteiger charge is -2.30. The van der Waals surface area contributed by atoms with Gasteiger partial charge in [-0.2, -0.15) is 0 Å². The zero-order valence-corrected chi connectivity index (χ0v) is 10.9. The molecule has 0 saturated carbocycles. The van der Waals surface area contributed by atoms with Gasteiger partial charge in [0.05, 0.1) is 18.9 Å². The number of carbonyl (C=O) groups is 2. The number of carbonyl (C=O) groups excluding carboxylic acids is 2. The predicted molar refractivity (Wildman–Crippen MR) is 72.0 cm³/mol. The lowest BCUT2D eigenvalue weighted by Crippen LogP contribution is -2.57. The van der Waals surface area contributed by atoms with Crippen LogP contribution in [0, 0.1) is 0 Å². The minimum Gasteiger partial charge on any atom is -0.460 e. The summed E-state index contributed by atoms with van der Waals surface area (Å²) in [6, 6.07) is 7.71. The van der Waals surface area contributed by atoms with Crippen LogP contribution < -0.4 is 10.4 Å². The number of hydrogen-bond donors (Lipinski definition) is 2. The normalized spacial score (nSPS) is 18.3. The number of para-hydroxylation sites is 1. The van der Waals surface area contributed by atoms with E-state index in [1.807, 2.05) is 6.07 Å². The smallest absolute Gasteiger partial charge is 0.375 e. The molecule has 20 heavy (non-hydrogen) atoms. The van der Waals surface area contributed by atoms with Gasteiger partial charge in [-0.3, -0.25) is 10.2 Å². The quantitative estimate of drug-likeness (QED) is 0.747. The van der Waals surface area contributed by atoms with Crippen LogP contribution in [-0.4, -0.2) is 42.1 Å². The number of nitrogens with zero attached hydrogens (tertiary/aromatic N) is 2. The van der Waals surface area contributed by atoms with Gasteiger partial charge in [-0.05, 0) is 19.1 Å². The first kappa shape index (κ1) is 14.0. The van der Waals surface area contributed by atoms with Crippen molar-refractivity contribution < 1.29 is 19.4 Å². The number of anilines is 1. The summed E-state index contributed by atoms with van der Waals surface area (Å²) in [5.41, 5.74) is 3.17. The van der Waals surface area contributed by atoms with Crippen molar-refractivity contribution in [3.8, 4) is 0 Å². The summed E-state index contributed by atoms with van der Waals surface area (Å²) in [6.07, 6.45) is 0. The molecular formula is C13H15N3O4. The molecule has 2 N–H and O–H groups in total. The first-order chi connectivity index (χ1) is 9.67. The number of hydrazine groups is 1. The SMILES string of the molecule is CCOC(=O)C1=NC(CO)C(=O)N(c2ccccc2)N1. The van der Waals surface area contributed by atoms with Crippen LogP contribution in [0.4, 0.5) is 5.69 Å². The molecule has 0 aromatic heterocycles. The fraction of sp³-hybridized carbons (Fsp3) is 0.308. The average Bonchev–Trinajstić information content (AvgIpc) is 2.48. The molecule has 2 rings (SSSR count). The molecule has 1 aliphatic heterocycles. The van der Waals surface area contributed by atoms with E-state index in [0.29, 0.717) is 5.69 Å². The van der Waals surface area contributed by atoms with E-state index in [4.69, 9.17) is 4.74 Å². The number of amides is 1. The molecule has 0 aliphatic carbocycles. The van der Waals surface area contributed by atoms with Crippen molar-refractivity contribution in [3.63, 3.8) is 0 Å². The van der Waals surface area contributed by atoms with Gasteiger partial charge in [0.15, 0.2) is 6.04 Å². The van der Waals surface area contributed by atoms with Crippen LogP contribution in [0.25, 0.3) is 0 Å². The van der Waals surface area contributed by atoms with Gasteiger partial charge in [0.1, 0.15) is 0 Å². The third-order valence-electron chi connectivity index (χ3n) is 2.66. The number of aliphatic imine (C=N–C) groups is 1. The van der Waals surface area contributed by atoms with E-state index >= 15 is 0 Å². The highest BCUT2D eigenvalue weighted by Gasteiger charge is 2.33. The topological polar surface area (TPSA) is 91.2 Å². The lowest BCUT2D eigenvalue weighted by atomic mass is 10.2. The van der Waals surface area contributed by atoms with Crippen LogP contribution in [0.15, 0.2) is 35.3 Å². The van der Waals surface area contributed by atoms with E-state index in [1.165, 1.54) is 5.01 Å². The second kappa shape index (κ2) is 6.16.